The number of hydrogen-bond donors (Lipinski definition) is 1. The van der Waals surface area contributed by atoms with Gasteiger partial charge in [-0.05, 0) is 45.1 Å². The van der Waals surface area contributed by atoms with E-state index in [0.29, 0.717) is 0 Å². The zero-order chi connectivity index (χ0) is 13.2. The number of nitrogens with zero attached hydrogens (tertiary/aromatic N) is 1. The highest BCUT2D eigenvalue weighted by Crippen LogP contribution is 2.38. The van der Waals surface area contributed by atoms with E-state index in [0.717, 1.165) is 24.4 Å². The van der Waals surface area contributed by atoms with Crippen molar-refractivity contribution in [3.05, 3.63) is 0 Å². The summed E-state index contributed by atoms with van der Waals surface area (Å²) in [5.41, 5.74) is 6.37. The first kappa shape index (κ1) is 14.3. The van der Waals surface area contributed by atoms with Crippen LogP contribution in [0.4, 0.5) is 0 Å². The van der Waals surface area contributed by atoms with Crippen molar-refractivity contribution in [2.75, 3.05) is 13.6 Å². The third kappa shape index (κ3) is 2.91. The summed E-state index contributed by atoms with van der Waals surface area (Å²) < 4.78 is 0. The van der Waals surface area contributed by atoms with Crippen molar-refractivity contribution in [1.29, 1.82) is 0 Å². The van der Waals surface area contributed by atoms with E-state index in [2.05, 4.69) is 25.8 Å². The van der Waals surface area contributed by atoms with E-state index in [1.807, 2.05) is 0 Å². The van der Waals surface area contributed by atoms with Crippen LogP contribution in [-0.2, 0) is 0 Å². The second-order valence-electron chi connectivity index (χ2n) is 7.14. The Balaban J connectivity index is 1.99. The molecule has 0 amide bonds. The Kier molecular flexibility index (Phi) is 4.71. The van der Waals surface area contributed by atoms with Crippen molar-refractivity contribution in [2.45, 2.75) is 76.8 Å². The third-order valence-corrected chi connectivity index (χ3v) is 5.81. The molecule has 2 nitrogen and oxygen atoms in total. The van der Waals surface area contributed by atoms with Crippen LogP contribution in [0.3, 0.4) is 0 Å². The molecule has 3 atom stereocenters. The molecular weight excluding hydrogens is 220 g/mol. The van der Waals surface area contributed by atoms with Crippen molar-refractivity contribution >= 4 is 0 Å². The molecule has 18 heavy (non-hydrogen) atoms. The van der Waals surface area contributed by atoms with Crippen LogP contribution >= 0.6 is 0 Å². The van der Waals surface area contributed by atoms with Gasteiger partial charge in [-0.25, -0.2) is 0 Å². The van der Waals surface area contributed by atoms with E-state index < -0.39 is 0 Å². The molecule has 3 unspecified atom stereocenters. The van der Waals surface area contributed by atoms with Gasteiger partial charge in [0.2, 0.25) is 0 Å². The molecule has 2 aliphatic carbocycles. The monoisotopic (exact) mass is 252 g/mol. The van der Waals surface area contributed by atoms with Crippen LogP contribution in [0.2, 0.25) is 0 Å². The van der Waals surface area contributed by atoms with E-state index in [1.165, 1.54) is 51.4 Å². The van der Waals surface area contributed by atoms with Gasteiger partial charge in [-0.15, -0.1) is 0 Å². The van der Waals surface area contributed by atoms with Gasteiger partial charge in [-0.2, -0.15) is 0 Å². The molecule has 0 aliphatic heterocycles. The van der Waals surface area contributed by atoms with Gasteiger partial charge in [-0.1, -0.05) is 39.0 Å². The van der Waals surface area contributed by atoms with Crippen LogP contribution in [0.25, 0.3) is 0 Å². The Labute approximate surface area is 113 Å². The first-order valence-corrected chi connectivity index (χ1v) is 8.00. The lowest BCUT2D eigenvalue weighted by Gasteiger charge is -2.49. The van der Waals surface area contributed by atoms with Crippen LogP contribution in [0.15, 0.2) is 0 Å². The molecule has 2 N–H and O–H groups in total. The molecule has 2 saturated carbocycles. The molecule has 0 radical (unpaired) electrons. The van der Waals surface area contributed by atoms with Crippen LogP contribution < -0.4 is 5.73 Å². The van der Waals surface area contributed by atoms with Crippen LogP contribution in [0.1, 0.15) is 65.2 Å². The van der Waals surface area contributed by atoms with Crippen molar-refractivity contribution < 1.29 is 0 Å². The number of rotatable bonds is 5. The van der Waals surface area contributed by atoms with Crippen molar-refractivity contribution in [3.8, 4) is 0 Å². The highest BCUT2D eigenvalue weighted by Gasteiger charge is 2.38. The van der Waals surface area contributed by atoms with Crippen LogP contribution in [-0.4, -0.2) is 30.1 Å². The summed E-state index contributed by atoms with van der Waals surface area (Å²) in [4.78, 5) is 2.65. The van der Waals surface area contributed by atoms with E-state index in [4.69, 9.17) is 5.73 Å². The molecule has 2 fully saturated rings. The molecule has 2 heteroatoms. The molecule has 0 aromatic carbocycles. The number of nitrogens with two attached hydrogens (primary N) is 1. The molecule has 106 valence electrons. The first-order chi connectivity index (χ1) is 8.57. The van der Waals surface area contributed by atoms with Gasteiger partial charge >= 0.3 is 0 Å². The topological polar surface area (TPSA) is 29.3 Å². The molecule has 2 rings (SSSR count). The normalized spacial score (nSPS) is 33.2. The fourth-order valence-electron chi connectivity index (χ4n) is 3.96. The lowest BCUT2D eigenvalue weighted by molar-refractivity contribution is 0.0181. The lowest BCUT2D eigenvalue weighted by atomic mass is 9.74. The fraction of sp³-hybridized carbons (Fsp3) is 1.00. The van der Waals surface area contributed by atoms with Crippen LogP contribution in [0.5, 0.6) is 0 Å². The van der Waals surface area contributed by atoms with Crippen molar-refractivity contribution in [1.82, 2.24) is 4.90 Å². The van der Waals surface area contributed by atoms with E-state index in [-0.39, 0.29) is 5.54 Å². The summed E-state index contributed by atoms with van der Waals surface area (Å²) in [6.07, 6.45) is 11.2. The Bertz CT molecular complexity index is 262. The summed E-state index contributed by atoms with van der Waals surface area (Å²) in [6, 6.07) is 0.757. The van der Waals surface area contributed by atoms with E-state index in [9.17, 15) is 0 Å². The van der Waals surface area contributed by atoms with Gasteiger partial charge in [0.05, 0.1) is 0 Å². The summed E-state index contributed by atoms with van der Waals surface area (Å²) >= 11 is 0. The molecule has 0 aromatic heterocycles. The fourth-order valence-corrected chi connectivity index (χ4v) is 3.96. The van der Waals surface area contributed by atoms with E-state index >= 15 is 0 Å². The quantitative estimate of drug-likeness (QED) is 0.812. The zero-order valence-corrected chi connectivity index (χ0v) is 12.6. The molecule has 0 aromatic rings. The Hall–Kier alpha value is -0.0800. The molecule has 0 spiro atoms. The van der Waals surface area contributed by atoms with Gasteiger partial charge in [0.15, 0.2) is 0 Å². The minimum absolute atomic E-state index is 0.224. The zero-order valence-electron chi connectivity index (χ0n) is 12.6. The first-order valence-electron chi connectivity index (χ1n) is 8.00. The van der Waals surface area contributed by atoms with Gasteiger partial charge < -0.3 is 5.73 Å². The molecule has 0 saturated heterocycles. The van der Waals surface area contributed by atoms with Gasteiger partial charge in [-0.3, -0.25) is 4.90 Å². The van der Waals surface area contributed by atoms with Crippen molar-refractivity contribution in [3.63, 3.8) is 0 Å². The maximum absolute atomic E-state index is 6.15. The second kappa shape index (κ2) is 5.92. The predicted octanol–water partition coefficient (Wildman–Crippen LogP) is 3.40. The minimum Gasteiger partial charge on any atom is -0.329 e. The maximum atomic E-state index is 6.15. The lowest BCUT2D eigenvalue weighted by Crippen LogP contribution is -2.57. The molecule has 0 heterocycles. The third-order valence-electron chi connectivity index (χ3n) is 5.81. The van der Waals surface area contributed by atoms with Crippen LogP contribution in [0, 0.1) is 11.8 Å². The van der Waals surface area contributed by atoms with E-state index in [1.54, 1.807) is 0 Å². The number of hydrogen-bond acceptors (Lipinski definition) is 2. The van der Waals surface area contributed by atoms with Gasteiger partial charge in [0.1, 0.15) is 0 Å². The summed E-state index contributed by atoms with van der Waals surface area (Å²) in [6.45, 7) is 5.64. The Morgan fingerprint density at radius 1 is 1.11 bits per heavy atom. The molecule has 0 bridgehead atoms. The Morgan fingerprint density at radius 3 is 2.28 bits per heavy atom. The standard InChI is InChI=1S/C16H32N2/c1-13-7-4-5-10-15(13)18(3)16(2,12-17)11-14-8-6-9-14/h13-15H,4-12,17H2,1-3H3. The molecule has 2 aliphatic rings. The average Bonchev–Trinajstić information content (AvgIpc) is 2.33. The number of likely N-dealkylation sites (N-methyl/N-ethyl adjacent to an activating group) is 1. The SMILES string of the molecule is CC1CCCCC1N(C)C(C)(CN)CC1CCC1. The summed E-state index contributed by atoms with van der Waals surface area (Å²) in [7, 11) is 2.33. The second-order valence-corrected chi connectivity index (χ2v) is 7.14. The Morgan fingerprint density at radius 2 is 1.78 bits per heavy atom. The largest absolute Gasteiger partial charge is 0.329 e. The smallest absolute Gasteiger partial charge is 0.0306 e. The summed E-state index contributed by atoms with van der Waals surface area (Å²) in [5.74, 6) is 1.79. The highest BCUT2D eigenvalue weighted by molar-refractivity contribution is 4.94. The predicted molar refractivity (Wildman–Crippen MR) is 78.6 cm³/mol. The minimum atomic E-state index is 0.224. The highest BCUT2D eigenvalue weighted by atomic mass is 15.2. The van der Waals surface area contributed by atoms with Gasteiger partial charge in [0, 0.05) is 18.1 Å². The van der Waals surface area contributed by atoms with Gasteiger partial charge in [0.25, 0.3) is 0 Å². The van der Waals surface area contributed by atoms with Crippen molar-refractivity contribution in [2.24, 2.45) is 17.6 Å². The maximum Gasteiger partial charge on any atom is 0.0306 e. The average molecular weight is 252 g/mol. The molecular formula is C16H32N2. The summed E-state index contributed by atoms with van der Waals surface area (Å²) in [5, 5.41) is 0.